The molecule has 3 N–H and O–H groups in total. The molecule has 7 nitrogen and oxygen atoms in total. The lowest BCUT2D eigenvalue weighted by Gasteiger charge is -2.11. The quantitative estimate of drug-likeness (QED) is 0.689. The summed E-state index contributed by atoms with van der Waals surface area (Å²) >= 11 is 3.97. The van der Waals surface area contributed by atoms with Crippen LogP contribution in [0, 0.1) is 0 Å². The summed E-state index contributed by atoms with van der Waals surface area (Å²) in [6.45, 7) is 0. The molecular weight excluding hydrogens is 350 g/mol. The number of sulfonamides is 1. The summed E-state index contributed by atoms with van der Waals surface area (Å²) < 4.78 is 25.8. The average molecular weight is 358 g/mol. The van der Waals surface area contributed by atoms with Gasteiger partial charge in [-0.1, -0.05) is 0 Å². The first kappa shape index (κ1) is 15.1. The van der Waals surface area contributed by atoms with Gasteiger partial charge in [-0.2, -0.15) is 4.72 Å². The molecule has 0 saturated carbocycles. The highest BCUT2D eigenvalue weighted by Crippen LogP contribution is 2.26. The Kier molecular flexibility index (Phi) is 4.85. The van der Waals surface area contributed by atoms with Gasteiger partial charge in [-0.05, 0) is 28.1 Å². The second kappa shape index (κ2) is 5.78. The van der Waals surface area contributed by atoms with Crippen molar-refractivity contribution in [3.8, 4) is 0 Å². The average Bonchev–Trinajstić information content (AvgIpc) is 2.63. The number of carboxylic acids is 2. The molecule has 0 spiro atoms. The van der Waals surface area contributed by atoms with Gasteiger partial charge in [0.25, 0.3) is 10.0 Å². The Balaban J connectivity index is 2.93. The maximum Gasteiger partial charge on any atom is 0.322 e. The third kappa shape index (κ3) is 4.05. The van der Waals surface area contributed by atoms with E-state index in [4.69, 9.17) is 10.2 Å². The van der Waals surface area contributed by atoms with Gasteiger partial charge in [-0.15, -0.1) is 11.3 Å². The van der Waals surface area contributed by atoms with E-state index in [0.717, 1.165) is 11.3 Å². The summed E-state index contributed by atoms with van der Waals surface area (Å²) in [6, 6.07) is 1.08. The minimum Gasteiger partial charge on any atom is -0.481 e. The molecule has 1 rings (SSSR count). The summed E-state index contributed by atoms with van der Waals surface area (Å²) in [4.78, 5) is 21.2. The van der Waals surface area contributed by atoms with Crippen LogP contribution >= 0.6 is 27.3 Å². The van der Waals surface area contributed by atoms with Crippen LogP contribution in [0.3, 0.4) is 0 Å². The van der Waals surface area contributed by atoms with Crippen LogP contribution in [0.2, 0.25) is 0 Å². The summed E-state index contributed by atoms with van der Waals surface area (Å²) in [5.74, 6) is -2.95. The van der Waals surface area contributed by atoms with E-state index in [9.17, 15) is 18.0 Å². The van der Waals surface area contributed by atoms with Crippen LogP contribution in [0.4, 0.5) is 0 Å². The Morgan fingerprint density at radius 1 is 1.39 bits per heavy atom. The molecule has 0 fully saturated rings. The molecule has 0 aliphatic carbocycles. The highest BCUT2D eigenvalue weighted by atomic mass is 79.9. The van der Waals surface area contributed by atoms with E-state index in [1.54, 1.807) is 0 Å². The van der Waals surface area contributed by atoms with Crippen LogP contribution in [-0.2, 0) is 19.6 Å². The van der Waals surface area contributed by atoms with Crippen LogP contribution in [0.5, 0.6) is 0 Å². The van der Waals surface area contributed by atoms with Gasteiger partial charge in [-0.3, -0.25) is 9.59 Å². The number of thiophene rings is 1. The number of hydrogen-bond acceptors (Lipinski definition) is 5. The standard InChI is InChI=1S/C8H8BrNO6S2/c9-5-1-2-7(17-5)18(15,16)10-4(8(13)14)3-6(11)12/h1-2,4,10H,3H2,(H,11,12)(H,13,14). The fourth-order valence-corrected chi connectivity index (χ4v) is 4.26. The van der Waals surface area contributed by atoms with Gasteiger partial charge in [0.15, 0.2) is 0 Å². The predicted molar refractivity (Wildman–Crippen MR) is 66.0 cm³/mol. The third-order valence-electron chi connectivity index (χ3n) is 1.79. The molecule has 0 bridgehead atoms. The topological polar surface area (TPSA) is 121 Å². The number of carboxylic acid groups (broad SMARTS) is 2. The van der Waals surface area contributed by atoms with Crippen molar-refractivity contribution in [3.63, 3.8) is 0 Å². The minimum absolute atomic E-state index is 0.0917. The molecule has 1 aromatic heterocycles. The number of halogens is 1. The zero-order valence-electron chi connectivity index (χ0n) is 8.66. The molecule has 0 aliphatic heterocycles. The molecule has 0 amide bonds. The van der Waals surface area contributed by atoms with Crippen molar-refractivity contribution in [2.24, 2.45) is 0 Å². The molecule has 0 saturated heterocycles. The predicted octanol–water partition coefficient (Wildman–Crippen LogP) is 0.717. The summed E-state index contributed by atoms with van der Waals surface area (Å²) in [6.07, 6.45) is -0.832. The smallest absolute Gasteiger partial charge is 0.322 e. The lowest BCUT2D eigenvalue weighted by atomic mass is 10.2. The zero-order valence-corrected chi connectivity index (χ0v) is 11.9. The van der Waals surface area contributed by atoms with Crippen LogP contribution in [0.1, 0.15) is 6.42 Å². The van der Waals surface area contributed by atoms with E-state index in [-0.39, 0.29) is 4.21 Å². The molecule has 1 heterocycles. The van der Waals surface area contributed by atoms with Crippen LogP contribution in [0.15, 0.2) is 20.1 Å². The van der Waals surface area contributed by atoms with Gasteiger partial charge in [0, 0.05) is 0 Å². The molecule has 100 valence electrons. The first-order chi connectivity index (χ1) is 8.22. The van der Waals surface area contributed by atoms with E-state index in [2.05, 4.69) is 15.9 Å². The molecule has 10 heteroatoms. The van der Waals surface area contributed by atoms with E-state index in [0.29, 0.717) is 3.79 Å². The van der Waals surface area contributed by atoms with Gasteiger partial charge in [0.05, 0.1) is 10.2 Å². The molecule has 0 aromatic carbocycles. The SMILES string of the molecule is O=C(O)CC(NS(=O)(=O)c1ccc(Br)s1)C(=O)O. The van der Waals surface area contributed by atoms with Crippen molar-refractivity contribution in [2.75, 3.05) is 0 Å². The molecular formula is C8H8BrNO6S2. The van der Waals surface area contributed by atoms with Crippen LogP contribution in [0.25, 0.3) is 0 Å². The van der Waals surface area contributed by atoms with Crippen molar-refractivity contribution >= 4 is 49.2 Å². The van der Waals surface area contributed by atoms with E-state index < -0.39 is 34.4 Å². The van der Waals surface area contributed by atoms with Crippen LogP contribution < -0.4 is 4.72 Å². The van der Waals surface area contributed by atoms with Gasteiger partial charge in [0.1, 0.15) is 10.3 Å². The largest absolute Gasteiger partial charge is 0.481 e. The Bertz CT molecular complexity index is 566. The van der Waals surface area contributed by atoms with E-state index in [1.807, 2.05) is 4.72 Å². The maximum atomic E-state index is 11.8. The first-order valence-corrected chi connectivity index (χ1v) is 7.54. The van der Waals surface area contributed by atoms with Gasteiger partial charge >= 0.3 is 11.9 Å². The molecule has 0 radical (unpaired) electrons. The van der Waals surface area contributed by atoms with Crippen molar-refractivity contribution in [1.29, 1.82) is 0 Å². The Morgan fingerprint density at radius 3 is 2.39 bits per heavy atom. The molecule has 0 aliphatic rings. The normalized spacial score (nSPS) is 13.2. The Morgan fingerprint density at radius 2 is 2.00 bits per heavy atom. The molecule has 1 atom stereocenters. The van der Waals surface area contributed by atoms with Gasteiger partial charge in [-0.25, -0.2) is 8.42 Å². The van der Waals surface area contributed by atoms with Gasteiger partial charge in [0.2, 0.25) is 0 Å². The molecule has 18 heavy (non-hydrogen) atoms. The number of hydrogen-bond donors (Lipinski definition) is 3. The monoisotopic (exact) mass is 357 g/mol. The lowest BCUT2D eigenvalue weighted by Crippen LogP contribution is -2.41. The lowest BCUT2D eigenvalue weighted by molar-refractivity contribution is -0.145. The Labute approximate surface area is 115 Å². The van der Waals surface area contributed by atoms with Gasteiger partial charge < -0.3 is 10.2 Å². The maximum absolute atomic E-state index is 11.8. The van der Waals surface area contributed by atoms with E-state index in [1.165, 1.54) is 12.1 Å². The van der Waals surface area contributed by atoms with Crippen molar-refractivity contribution in [3.05, 3.63) is 15.9 Å². The molecule has 1 unspecified atom stereocenters. The number of rotatable bonds is 6. The van der Waals surface area contributed by atoms with Crippen molar-refractivity contribution < 1.29 is 28.2 Å². The summed E-state index contributed by atoms with van der Waals surface area (Å²) in [5.41, 5.74) is 0. The first-order valence-electron chi connectivity index (χ1n) is 4.44. The highest BCUT2D eigenvalue weighted by Gasteiger charge is 2.28. The highest BCUT2D eigenvalue weighted by molar-refractivity contribution is 9.11. The van der Waals surface area contributed by atoms with E-state index >= 15 is 0 Å². The molecule has 1 aromatic rings. The number of nitrogens with one attached hydrogen (secondary N) is 1. The minimum atomic E-state index is -4.03. The fraction of sp³-hybridized carbons (Fsp3) is 0.250. The van der Waals surface area contributed by atoms with Crippen molar-refractivity contribution in [2.45, 2.75) is 16.7 Å². The Hall–Kier alpha value is -0.970. The van der Waals surface area contributed by atoms with Crippen molar-refractivity contribution in [1.82, 2.24) is 4.72 Å². The zero-order chi connectivity index (χ0) is 13.9. The fourth-order valence-electron chi connectivity index (χ4n) is 1.04. The summed E-state index contributed by atoms with van der Waals surface area (Å²) in [7, 11) is -4.03. The summed E-state index contributed by atoms with van der Waals surface area (Å²) in [5, 5.41) is 17.2. The van der Waals surface area contributed by atoms with Crippen LogP contribution in [-0.4, -0.2) is 36.6 Å². The second-order valence-electron chi connectivity index (χ2n) is 3.17. The number of carbonyl (C=O) groups is 2. The third-order valence-corrected chi connectivity index (χ3v) is 5.37. The number of aliphatic carboxylic acids is 2. The second-order valence-corrected chi connectivity index (χ2v) is 7.57.